The SMILES string of the molecule is CONc1ccc(C)o1. The molecule has 0 spiro atoms. The summed E-state index contributed by atoms with van der Waals surface area (Å²) in [4.78, 5) is 4.60. The van der Waals surface area contributed by atoms with Crippen LogP contribution in [0.5, 0.6) is 0 Å². The van der Waals surface area contributed by atoms with Crippen LogP contribution in [-0.2, 0) is 4.84 Å². The molecular formula is C6H9NO2. The van der Waals surface area contributed by atoms with Gasteiger partial charge in [-0.15, -0.1) is 0 Å². The van der Waals surface area contributed by atoms with Gasteiger partial charge in [0.2, 0.25) is 5.88 Å². The average Bonchev–Trinajstić information content (AvgIpc) is 2.17. The van der Waals surface area contributed by atoms with Crippen molar-refractivity contribution in [2.24, 2.45) is 0 Å². The third-order valence-corrected chi connectivity index (χ3v) is 0.943. The van der Waals surface area contributed by atoms with E-state index in [9.17, 15) is 0 Å². The van der Waals surface area contributed by atoms with Crippen molar-refractivity contribution in [3.63, 3.8) is 0 Å². The van der Waals surface area contributed by atoms with E-state index >= 15 is 0 Å². The Bertz CT molecular complexity index is 183. The molecule has 0 aliphatic rings. The molecule has 1 aromatic heterocycles. The normalized spacial score (nSPS) is 9.56. The van der Waals surface area contributed by atoms with Gasteiger partial charge in [-0.3, -0.25) is 4.84 Å². The first kappa shape index (κ1) is 6.16. The van der Waals surface area contributed by atoms with Gasteiger partial charge in [-0.1, -0.05) is 0 Å². The number of hydrogen-bond acceptors (Lipinski definition) is 3. The maximum atomic E-state index is 5.09. The number of furan rings is 1. The molecule has 0 fully saturated rings. The van der Waals surface area contributed by atoms with Gasteiger partial charge in [-0.05, 0) is 13.0 Å². The van der Waals surface area contributed by atoms with Gasteiger partial charge in [0.1, 0.15) is 5.76 Å². The van der Waals surface area contributed by atoms with Crippen LogP contribution in [0.4, 0.5) is 5.88 Å². The minimum atomic E-state index is 0.634. The van der Waals surface area contributed by atoms with Crippen molar-refractivity contribution < 1.29 is 9.25 Å². The van der Waals surface area contributed by atoms with Gasteiger partial charge in [0, 0.05) is 6.07 Å². The molecule has 0 saturated heterocycles. The molecule has 9 heavy (non-hydrogen) atoms. The topological polar surface area (TPSA) is 34.4 Å². The van der Waals surface area contributed by atoms with Crippen LogP contribution in [0.15, 0.2) is 16.5 Å². The number of nitrogens with one attached hydrogen (secondary N) is 1. The maximum absolute atomic E-state index is 5.09. The molecule has 50 valence electrons. The highest BCUT2D eigenvalue weighted by Crippen LogP contribution is 2.10. The summed E-state index contributed by atoms with van der Waals surface area (Å²) in [6, 6.07) is 3.67. The summed E-state index contributed by atoms with van der Waals surface area (Å²) in [5, 5.41) is 0. The Hall–Kier alpha value is -0.960. The van der Waals surface area contributed by atoms with Gasteiger partial charge >= 0.3 is 0 Å². The molecule has 0 aliphatic carbocycles. The lowest BCUT2D eigenvalue weighted by molar-refractivity contribution is 0.257. The van der Waals surface area contributed by atoms with Crippen molar-refractivity contribution >= 4 is 5.88 Å². The Balaban J connectivity index is 2.61. The lowest BCUT2D eigenvalue weighted by Gasteiger charge is -1.94. The van der Waals surface area contributed by atoms with E-state index in [-0.39, 0.29) is 0 Å². The van der Waals surface area contributed by atoms with Gasteiger partial charge in [0.05, 0.1) is 7.11 Å². The molecule has 0 aromatic carbocycles. The summed E-state index contributed by atoms with van der Waals surface area (Å²) in [6.45, 7) is 1.88. The van der Waals surface area contributed by atoms with E-state index in [2.05, 4.69) is 10.3 Å². The van der Waals surface area contributed by atoms with Gasteiger partial charge < -0.3 is 4.42 Å². The lowest BCUT2D eigenvalue weighted by Crippen LogP contribution is -1.92. The fourth-order valence-corrected chi connectivity index (χ4v) is 0.590. The van der Waals surface area contributed by atoms with E-state index in [0.717, 1.165) is 5.76 Å². The summed E-state index contributed by atoms with van der Waals surface area (Å²) < 4.78 is 5.09. The quantitative estimate of drug-likeness (QED) is 0.612. The third kappa shape index (κ3) is 1.47. The molecule has 3 heteroatoms. The van der Waals surface area contributed by atoms with Crippen molar-refractivity contribution in [2.45, 2.75) is 6.92 Å². The minimum Gasteiger partial charge on any atom is -0.444 e. The van der Waals surface area contributed by atoms with Gasteiger partial charge in [0.25, 0.3) is 0 Å². The molecular weight excluding hydrogens is 118 g/mol. The van der Waals surface area contributed by atoms with Crippen molar-refractivity contribution in [1.82, 2.24) is 0 Å². The predicted octanol–water partition coefficient (Wildman–Crippen LogP) is 1.56. The average molecular weight is 127 g/mol. The van der Waals surface area contributed by atoms with Crippen LogP contribution in [0.2, 0.25) is 0 Å². The molecule has 3 nitrogen and oxygen atoms in total. The zero-order valence-corrected chi connectivity index (χ0v) is 5.47. The van der Waals surface area contributed by atoms with Crippen LogP contribution >= 0.6 is 0 Å². The first-order valence-electron chi connectivity index (χ1n) is 2.68. The Morgan fingerprint density at radius 1 is 1.56 bits per heavy atom. The Morgan fingerprint density at radius 3 is 2.78 bits per heavy atom. The van der Waals surface area contributed by atoms with Crippen LogP contribution in [0.3, 0.4) is 0 Å². The Labute approximate surface area is 53.6 Å². The van der Waals surface area contributed by atoms with E-state index in [1.807, 2.05) is 13.0 Å². The Morgan fingerprint density at radius 2 is 2.33 bits per heavy atom. The lowest BCUT2D eigenvalue weighted by atomic mass is 10.5. The molecule has 0 atom stereocenters. The number of anilines is 1. The first-order chi connectivity index (χ1) is 4.33. The summed E-state index contributed by atoms with van der Waals surface area (Å²) in [5.41, 5.74) is 2.56. The molecule has 0 bridgehead atoms. The zero-order valence-electron chi connectivity index (χ0n) is 5.47. The van der Waals surface area contributed by atoms with E-state index < -0.39 is 0 Å². The Kier molecular flexibility index (Phi) is 1.75. The highest BCUT2D eigenvalue weighted by atomic mass is 16.6. The van der Waals surface area contributed by atoms with E-state index in [0.29, 0.717) is 5.88 Å². The molecule has 1 N–H and O–H groups in total. The van der Waals surface area contributed by atoms with Crippen LogP contribution in [0, 0.1) is 6.92 Å². The monoisotopic (exact) mass is 127 g/mol. The molecule has 0 unspecified atom stereocenters. The minimum absolute atomic E-state index is 0.634. The van der Waals surface area contributed by atoms with Crippen molar-refractivity contribution in [1.29, 1.82) is 0 Å². The standard InChI is InChI=1S/C6H9NO2/c1-5-3-4-6(9-5)7-8-2/h3-4,7H,1-2H3. The highest BCUT2D eigenvalue weighted by Gasteiger charge is 1.93. The smallest absolute Gasteiger partial charge is 0.216 e. The number of hydrogen-bond donors (Lipinski definition) is 1. The summed E-state index contributed by atoms with van der Waals surface area (Å²) in [7, 11) is 1.54. The molecule has 0 radical (unpaired) electrons. The van der Waals surface area contributed by atoms with Gasteiger partial charge in [0.15, 0.2) is 0 Å². The molecule has 1 aromatic rings. The van der Waals surface area contributed by atoms with Crippen molar-refractivity contribution in [3.8, 4) is 0 Å². The molecule has 1 rings (SSSR count). The summed E-state index contributed by atoms with van der Waals surface area (Å²) >= 11 is 0. The van der Waals surface area contributed by atoms with E-state index in [1.54, 1.807) is 6.07 Å². The summed E-state index contributed by atoms with van der Waals surface area (Å²) in [5.74, 6) is 1.50. The van der Waals surface area contributed by atoms with Crippen molar-refractivity contribution in [3.05, 3.63) is 17.9 Å². The van der Waals surface area contributed by atoms with Crippen LogP contribution in [0.1, 0.15) is 5.76 Å². The number of rotatable bonds is 2. The van der Waals surface area contributed by atoms with Crippen LogP contribution in [0.25, 0.3) is 0 Å². The fraction of sp³-hybridized carbons (Fsp3) is 0.333. The molecule has 1 heterocycles. The van der Waals surface area contributed by atoms with Gasteiger partial charge in [-0.25, -0.2) is 5.48 Å². The number of aryl methyl sites for hydroxylation is 1. The van der Waals surface area contributed by atoms with Crippen LogP contribution < -0.4 is 5.48 Å². The predicted molar refractivity (Wildman–Crippen MR) is 34.1 cm³/mol. The van der Waals surface area contributed by atoms with E-state index in [4.69, 9.17) is 4.42 Å². The second-order valence-corrected chi connectivity index (χ2v) is 1.72. The zero-order chi connectivity index (χ0) is 6.69. The second kappa shape index (κ2) is 2.55. The molecule has 0 saturated carbocycles. The van der Waals surface area contributed by atoms with Crippen LogP contribution in [-0.4, -0.2) is 7.11 Å². The maximum Gasteiger partial charge on any atom is 0.216 e. The molecule has 0 aliphatic heterocycles. The van der Waals surface area contributed by atoms with E-state index in [1.165, 1.54) is 7.11 Å². The highest BCUT2D eigenvalue weighted by molar-refractivity contribution is 5.28. The van der Waals surface area contributed by atoms with Crippen molar-refractivity contribution in [2.75, 3.05) is 12.6 Å². The summed E-state index contributed by atoms with van der Waals surface area (Å²) in [6.07, 6.45) is 0. The third-order valence-electron chi connectivity index (χ3n) is 0.943. The largest absolute Gasteiger partial charge is 0.444 e. The fourth-order valence-electron chi connectivity index (χ4n) is 0.590. The molecule has 0 amide bonds. The van der Waals surface area contributed by atoms with Gasteiger partial charge in [-0.2, -0.15) is 0 Å². The first-order valence-corrected chi connectivity index (χ1v) is 2.68. The second-order valence-electron chi connectivity index (χ2n) is 1.72.